The molecule has 2 N–H and O–H groups in total. The van der Waals surface area contributed by atoms with Gasteiger partial charge in [0.2, 0.25) is 5.95 Å². The fraction of sp³-hybridized carbons (Fsp3) is 0.360. The number of rotatable bonds is 6. The highest BCUT2D eigenvalue weighted by atomic mass is 32.2. The van der Waals surface area contributed by atoms with E-state index in [0.29, 0.717) is 10.6 Å². The van der Waals surface area contributed by atoms with Crippen molar-refractivity contribution in [3.05, 3.63) is 64.8 Å². The zero-order valence-corrected chi connectivity index (χ0v) is 20.5. The lowest BCUT2D eigenvalue weighted by Gasteiger charge is -2.27. The molecule has 1 saturated heterocycles. The number of aromatic nitrogens is 2. The van der Waals surface area contributed by atoms with Gasteiger partial charge in [-0.2, -0.15) is 4.98 Å². The van der Waals surface area contributed by atoms with Gasteiger partial charge in [0.1, 0.15) is 5.82 Å². The van der Waals surface area contributed by atoms with Gasteiger partial charge in [0, 0.05) is 36.2 Å². The van der Waals surface area contributed by atoms with E-state index in [0.717, 1.165) is 52.9 Å². The monoisotopic (exact) mass is 465 g/mol. The molecule has 7 nitrogen and oxygen atoms in total. The summed E-state index contributed by atoms with van der Waals surface area (Å²) in [7, 11) is -3.68. The Labute approximate surface area is 196 Å². The van der Waals surface area contributed by atoms with E-state index in [1.807, 2.05) is 58.0 Å². The lowest BCUT2D eigenvalue weighted by molar-refractivity contribution is 0.568. The largest absolute Gasteiger partial charge is 0.341 e. The maximum Gasteiger partial charge on any atom is 0.262 e. The number of sulfonamides is 1. The van der Waals surface area contributed by atoms with Crippen molar-refractivity contribution in [2.75, 3.05) is 28.0 Å². The summed E-state index contributed by atoms with van der Waals surface area (Å²) in [5.41, 5.74) is 4.75. The molecule has 2 aromatic carbocycles. The van der Waals surface area contributed by atoms with Crippen LogP contribution in [0.1, 0.15) is 41.6 Å². The van der Waals surface area contributed by atoms with Crippen molar-refractivity contribution in [2.45, 2.75) is 51.9 Å². The van der Waals surface area contributed by atoms with Gasteiger partial charge in [0.15, 0.2) is 0 Å². The summed E-state index contributed by atoms with van der Waals surface area (Å²) in [4.78, 5) is 11.9. The van der Waals surface area contributed by atoms with Gasteiger partial charge < -0.3 is 10.2 Å². The third-order valence-electron chi connectivity index (χ3n) is 5.76. The zero-order valence-electron chi connectivity index (χ0n) is 19.6. The molecule has 8 heteroatoms. The third-order valence-corrected chi connectivity index (χ3v) is 7.45. The van der Waals surface area contributed by atoms with Gasteiger partial charge in [-0.25, -0.2) is 13.4 Å². The van der Waals surface area contributed by atoms with Crippen LogP contribution in [-0.2, 0) is 10.0 Å². The summed E-state index contributed by atoms with van der Waals surface area (Å²) in [6, 6.07) is 12.9. The molecule has 1 aromatic heterocycles. The fourth-order valence-electron chi connectivity index (χ4n) is 4.42. The number of aryl methyl sites for hydroxylation is 4. The van der Waals surface area contributed by atoms with Crippen LogP contribution in [-0.4, -0.2) is 31.5 Å². The lowest BCUT2D eigenvalue weighted by atomic mass is 10.1. The van der Waals surface area contributed by atoms with Crippen molar-refractivity contribution in [3.8, 4) is 0 Å². The van der Waals surface area contributed by atoms with Gasteiger partial charge in [-0.15, -0.1) is 0 Å². The smallest absolute Gasteiger partial charge is 0.262 e. The number of hydrogen-bond acceptors (Lipinski definition) is 6. The molecular weight excluding hydrogens is 434 g/mol. The average molecular weight is 466 g/mol. The summed E-state index contributed by atoms with van der Waals surface area (Å²) in [5.74, 6) is 1.48. The molecule has 0 aliphatic carbocycles. The second-order valence-electron chi connectivity index (χ2n) is 8.78. The minimum absolute atomic E-state index is 0.331. The molecular formula is C25H31N5O2S. The SMILES string of the molecule is Cc1cc(C)c(S(=O)(=O)Nc2ccc(Nc3cc(C)nc(N4CCCCC4)n3)cc2)c(C)c1. The van der Waals surface area contributed by atoms with Gasteiger partial charge in [-0.1, -0.05) is 17.7 Å². The molecule has 33 heavy (non-hydrogen) atoms. The van der Waals surface area contributed by atoms with E-state index >= 15 is 0 Å². The first-order chi connectivity index (χ1) is 15.7. The van der Waals surface area contributed by atoms with E-state index in [1.165, 1.54) is 19.3 Å². The molecule has 0 atom stereocenters. The van der Waals surface area contributed by atoms with Crippen LogP contribution in [0.2, 0.25) is 0 Å². The second-order valence-corrected chi connectivity index (χ2v) is 10.4. The zero-order chi connectivity index (χ0) is 23.6. The van der Waals surface area contributed by atoms with Gasteiger partial charge in [0.05, 0.1) is 4.90 Å². The van der Waals surface area contributed by atoms with E-state index in [1.54, 1.807) is 12.1 Å². The maximum absolute atomic E-state index is 13.0. The Morgan fingerprint density at radius 2 is 1.42 bits per heavy atom. The van der Waals surface area contributed by atoms with E-state index in [-0.39, 0.29) is 0 Å². The summed E-state index contributed by atoms with van der Waals surface area (Å²) in [6.07, 6.45) is 3.59. The molecule has 0 saturated carbocycles. The van der Waals surface area contributed by atoms with Crippen molar-refractivity contribution in [3.63, 3.8) is 0 Å². The Morgan fingerprint density at radius 3 is 2.06 bits per heavy atom. The van der Waals surface area contributed by atoms with Crippen LogP contribution in [0.4, 0.5) is 23.1 Å². The predicted octanol–water partition coefficient (Wildman–Crippen LogP) is 5.24. The molecule has 3 aromatic rings. The number of nitrogens with one attached hydrogen (secondary N) is 2. The summed E-state index contributed by atoms with van der Waals surface area (Å²) >= 11 is 0. The van der Waals surface area contributed by atoms with Crippen LogP contribution in [0.25, 0.3) is 0 Å². The standard InChI is InChI=1S/C25H31N5O2S/c1-17-14-18(2)24(19(3)15-17)33(31,32)29-22-10-8-21(9-11-22)27-23-16-20(4)26-25(28-23)30-12-6-5-7-13-30/h8-11,14-16,29H,5-7,12-13H2,1-4H3,(H,26,27,28). The minimum Gasteiger partial charge on any atom is -0.341 e. The average Bonchev–Trinajstić information content (AvgIpc) is 2.74. The first-order valence-corrected chi connectivity index (χ1v) is 12.8. The van der Waals surface area contributed by atoms with Gasteiger partial charge in [0.25, 0.3) is 10.0 Å². The number of hydrogen-bond donors (Lipinski definition) is 2. The number of benzene rings is 2. The Kier molecular flexibility index (Phi) is 6.56. The van der Waals surface area contributed by atoms with Crippen LogP contribution in [0.5, 0.6) is 0 Å². The van der Waals surface area contributed by atoms with Crippen molar-refractivity contribution in [1.82, 2.24) is 9.97 Å². The van der Waals surface area contributed by atoms with E-state index in [4.69, 9.17) is 4.98 Å². The third kappa shape index (κ3) is 5.45. The van der Waals surface area contributed by atoms with Crippen LogP contribution in [0.15, 0.2) is 47.4 Å². The van der Waals surface area contributed by atoms with E-state index in [2.05, 4.69) is 19.9 Å². The summed E-state index contributed by atoms with van der Waals surface area (Å²) < 4.78 is 28.7. The lowest BCUT2D eigenvalue weighted by Crippen LogP contribution is -2.31. The summed E-state index contributed by atoms with van der Waals surface area (Å²) in [6.45, 7) is 9.54. The van der Waals surface area contributed by atoms with Gasteiger partial charge in [-0.3, -0.25) is 4.72 Å². The highest BCUT2D eigenvalue weighted by Gasteiger charge is 2.20. The van der Waals surface area contributed by atoms with Gasteiger partial charge >= 0.3 is 0 Å². The first kappa shape index (κ1) is 23.0. The first-order valence-electron chi connectivity index (χ1n) is 11.3. The maximum atomic E-state index is 13.0. The molecule has 1 aliphatic rings. The van der Waals surface area contributed by atoms with Gasteiger partial charge in [-0.05, 0) is 82.3 Å². The van der Waals surface area contributed by atoms with Crippen molar-refractivity contribution < 1.29 is 8.42 Å². The van der Waals surface area contributed by atoms with Crippen molar-refractivity contribution >= 4 is 33.2 Å². The Bertz CT molecular complexity index is 1230. The van der Waals surface area contributed by atoms with Crippen LogP contribution in [0.3, 0.4) is 0 Å². The fourth-order valence-corrected chi connectivity index (χ4v) is 5.93. The molecule has 174 valence electrons. The summed E-state index contributed by atoms with van der Waals surface area (Å²) in [5, 5.41) is 3.32. The van der Waals surface area contributed by atoms with E-state index < -0.39 is 10.0 Å². The molecule has 0 unspecified atom stereocenters. The molecule has 2 heterocycles. The highest BCUT2D eigenvalue weighted by Crippen LogP contribution is 2.26. The topological polar surface area (TPSA) is 87.2 Å². The highest BCUT2D eigenvalue weighted by molar-refractivity contribution is 7.92. The quantitative estimate of drug-likeness (QED) is 0.517. The van der Waals surface area contributed by atoms with Crippen LogP contribution in [0, 0.1) is 27.7 Å². The van der Waals surface area contributed by atoms with Crippen LogP contribution >= 0.6 is 0 Å². The molecule has 0 radical (unpaired) electrons. The van der Waals surface area contributed by atoms with Crippen molar-refractivity contribution in [1.29, 1.82) is 0 Å². The molecule has 4 rings (SSSR count). The van der Waals surface area contributed by atoms with Crippen LogP contribution < -0.4 is 14.9 Å². The van der Waals surface area contributed by atoms with Crippen molar-refractivity contribution in [2.24, 2.45) is 0 Å². The Balaban J connectivity index is 1.50. The molecule has 0 bridgehead atoms. The molecule has 0 amide bonds. The van der Waals surface area contributed by atoms with E-state index in [9.17, 15) is 8.42 Å². The predicted molar refractivity (Wildman–Crippen MR) is 134 cm³/mol. The number of piperidine rings is 1. The second kappa shape index (κ2) is 9.39. The normalized spacial score (nSPS) is 14.2. The molecule has 0 spiro atoms. The number of nitrogens with zero attached hydrogens (tertiary/aromatic N) is 3. The molecule has 1 aliphatic heterocycles. The molecule has 1 fully saturated rings. The Hall–Kier alpha value is -3.13. The minimum atomic E-state index is -3.68. The Morgan fingerprint density at radius 1 is 0.818 bits per heavy atom. The number of anilines is 4.